The summed E-state index contributed by atoms with van der Waals surface area (Å²) in [5, 5.41) is 7.37. The van der Waals surface area contributed by atoms with E-state index >= 15 is 0 Å². The highest BCUT2D eigenvalue weighted by Gasteiger charge is 2.18. The summed E-state index contributed by atoms with van der Waals surface area (Å²) in [6, 6.07) is 67.7. The van der Waals surface area contributed by atoms with Gasteiger partial charge in [0.05, 0.1) is 27.8 Å². The molecule has 57 heavy (non-hydrogen) atoms. The number of hydrogen-bond donors (Lipinski definition) is 0. The summed E-state index contributed by atoms with van der Waals surface area (Å²) < 4.78 is 4.84. The van der Waals surface area contributed by atoms with Gasteiger partial charge >= 0.3 is 0 Å². The summed E-state index contributed by atoms with van der Waals surface area (Å²) in [7, 11) is 0. The number of fused-ring (bicyclic) bond motifs is 7. The zero-order valence-corrected chi connectivity index (χ0v) is 32.1. The van der Waals surface area contributed by atoms with Crippen LogP contribution in [-0.4, -0.2) is 14.8 Å². The minimum absolute atomic E-state index is 0.887. The molecule has 0 fully saturated rings. The number of allylic oxidation sites excluding steroid dienone is 3. The van der Waals surface area contributed by atoms with Gasteiger partial charge in [-0.25, -0.2) is 0 Å². The van der Waals surface area contributed by atoms with Gasteiger partial charge in [-0.15, -0.1) is 0 Å². The van der Waals surface area contributed by atoms with Gasteiger partial charge in [0.2, 0.25) is 0 Å². The molecule has 272 valence electrons. The van der Waals surface area contributed by atoms with Crippen molar-refractivity contribution >= 4 is 71.4 Å². The predicted molar refractivity (Wildman–Crippen MR) is 244 cm³/mol. The van der Waals surface area contributed by atoms with E-state index in [9.17, 15) is 0 Å². The normalized spacial score (nSPS) is 12.8. The molecule has 10 aromatic rings. The van der Waals surface area contributed by atoms with Gasteiger partial charge in [0.1, 0.15) is 0 Å². The van der Waals surface area contributed by atoms with Crippen LogP contribution < -0.4 is 0 Å². The molecule has 3 nitrogen and oxygen atoms in total. The first-order valence-electron chi connectivity index (χ1n) is 19.8. The topological polar surface area (TPSA) is 22.2 Å². The van der Waals surface area contributed by atoms with Gasteiger partial charge in [-0.05, 0) is 89.4 Å². The molecule has 0 N–H and O–H groups in total. The van der Waals surface area contributed by atoms with E-state index in [4.69, 9.17) is 4.99 Å². The Balaban J connectivity index is 1.31. The average Bonchev–Trinajstić information content (AvgIpc) is 3.79. The number of aromatic nitrogens is 2. The van der Waals surface area contributed by atoms with Crippen molar-refractivity contribution in [2.24, 2.45) is 4.99 Å². The fourth-order valence-corrected chi connectivity index (χ4v) is 8.60. The van der Waals surface area contributed by atoms with Crippen molar-refractivity contribution in [2.45, 2.75) is 20.3 Å². The second-order valence-electron chi connectivity index (χ2n) is 14.7. The average molecular weight is 732 g/mol. The molecular weight excluding hydrogens is 691 g/mol. The molecule has 2 aromatic heterocycles. The molecule has 0 aliphatic heterocycles. The standard InChI is InChI=1S/C54H41N3/c1-3-18-40(45-28-17-22-39-21-7-8-23-44(39)45)35-50(55-37(2)38-19-5-4-6-20-38)41-33-42(56-51-29-13-9-24-46(51)47-25-10-14-30-52(47)56)36-43(34-41)57-53-31-15-11-26-48(53)49-27-12-16-32-54(49)57/h4-36H,3H2,1-2H3/b40-18-,50-35-,55-37?. The Morgan fingerprint density at radius 2 is 0.930 bits per heavy atom. The number of benzene rings is 8. The first kappa shape index (κ1) is 34.3. The molecule has 8 aromatic carbocycles. The maximum Gasteiger partial charge on any atom is 0.0713 e. The van der Waals surface area contributed by atoms with Gasteiger partial charge in [0, 0.05) is 44.2 Å². The summed E-state index contributed by atoms with van der Waals surface area (Å²) in [4.78, 5) is 5.56. The molecule has 0 radical (unpaired) electrons. The summed E-state index contributed by atoms with van der Waals surface area (Å²) in [6.07, 6.45) is 5.52. The quantitative estimate of drug-likeness (QED) is 0.110. The minimum atomic E-state index is 0.887. The van der Waals surface area contributed by atoms with Crippen LogP contribution in [0.3, 0.4) is 0 Å². The van der Waals surface area contributed by atoms with E-state index < -0.39 is 0 Å². The Morgan fingerprint density at radius 3 is 1.46 bits per heavy atom. The molecule has 10 rings (SSSR count). The third kappa shape index (κ3) is 6.05. The maximum atomic E-state index is 5.56. The summed E-state index contributed by atoms with van der Waals surface area (Å²) >= 11 is 0. The van der Waals surface area contributed by atoms with Gasteiger partial charge in [-0.2, -0.15) is 0 Å². The molecule has 0 atom stereocenters. The van der Waals surface area contributed by atoms with Gasteiger partial charge in [0.25, 0.3) is 0 Å². The van der Waals surface area contributed by atoms with Crippen LogP contribution >= 0.6 is 0 Å². The van der Waals surface area contributed by atoms with E-state index in [0.29, 0.717) is 0 Å². The largest absolute Gasteiger partial charge is 0.309 e. The van der Waals surface area contributed by atoms with Crippen molar-refractivity contribution in [3.8, 4) is 11.4 Å². The van der Waals surface area contributed by atoms with E-state index in [2.05, 4.69) is 223 Å². The Labute approximate surface area is 332 Å². The van der Waals surface area contributed by atoms with Crippen molar-refractivity contribution in [2.75, 3.05) is 0 Å². The molecule has 0 spiro atoms. The highest BCUT2D eigenvalue weighted by atomic mass is 15.0. The molecule has 0 saturated heterocycles. The number of para-hydroxylation sites is 4. The minimum Gasteiger partial charge on any atom is -0.309 e. The van der Waals surface area contributed by atoms with Crippen LogP contribution in [0.1, 0.15) is 37.0 Å². The van der Waals surface area contributed by atoms with Gasteiger partial charge < -0.3 is 9.13 Å². The first-order valence-corrected chi connectivity index (χ1v) is 19.8. The van der Waals surface area contributed by atoms with Crippen LogP contribution in [0.5, 0.6) is 0 Å². The van der Waals surface area contributed by atoms with E-state index in [1.165, 1.54) is 59.9 Å². The predicted octanol–water partition coefficient (Wildman–Crippen LogP) is 14.4. The third-order valence-corrected chi connectivity index (χ3v) is 11.2. The Bertz CT molecular complexity index is 2980. The van der Waals surface area contributed by atoms with Crippen LogP contribution in [-0.2, 0) is 0 Å². The van der Waals surface area contributed by atoms with Gasteiger partial charge in [0.15, 0.2) is 0 Å². The molecule has 0 unspecified atom stereocenters. The number of rotatable bonds is 8. The van der Waals surface area contributed by atoms with Gasteiger partial charge in [-0.3, -0.25) is 4.99 Å². The third-order valence-electron chi connectivity index (χ3n) is 11.2. The van der Waals surface area contributed by atoms with E-state index in [1.54, 1.807) is 0 Å². The molecule has 0 bridgehead atoms. The lowest BCUT2D eigenvalue weighted by Crippen LogP contribution is -2.02. The highest BCUT2D eigenvalue weighted by Crippen LogP contribution is 2.38. The molecule has 0 amide bonds. The zero-order valence-electron chi connectivity index (χ0n) is 32.1. The van der Waals surface area contributed by atoms with Crippen LogP contribution in [0.2, 0.25) is 0 Å². The second-order valence-corrected chi connectivity index (χ2v) is 14.7. The number of aliphatic imine (C=N–C) groups is 1. The lowest BCUT2D eigenvalue weighted by atomic mass is 9.95. The van der Waals surface area contributed by atoms with Crippen LogP contribution in [0.25, 0.3) is 77.0 Å². The van der Waals surface area contributed by atoms with Crippen molar-refractivity contribution in [3.05, 3.63) is 217 Å². The summed E-state index contributed by atoms with van der Waals surface area (Å²) in [6.45, 7) is 4.33. The monoisotopic (exact) mass is 731 g/mol. The Kier molecular flexibility index (Phi) is 8.69. The maximum absolute atomic E-state index is 5.56. The fraction of sp³-hybridized carbons (Fsp3) is 0.0556. The van der Waals surface area contributed by atoms with Gasteiger partial charge in [-0.1, -0.05) is 159 Å². The van der Waals surface area contributed by atoms with Crippen molar-refractivity contribution in [3.63, 3.8) is 0 Å². The molecule has 3 heteroatoms. The number of nitrogens with zero attached hydrogens (tertiary/aromatic N) is 3. The lowest BCUT2D eigenvalue weighted by molar-refractivity contribution is 1.13. The summed E-state index contributed by atoms with van der Waals surface area (Å²) in [5.74, 6) is 0. The molecule has 0 saturated carbocycles. The highest BCUT2D eigenvalue weighted by molar-refractivity contribution is 6.11. The molecule has 2 heterocycles. The SMILES string of the molecule is CC/C=C(/C=C(\N=C(C)c1ccccc1)c1cc(-n2c3ccccc3c3ccccc32)cc(-n2c3ccccc3c3ccccc32)c1)c1cccc2ccccc12. The summed E-state index contributed by atoms with van der Waals surface area (Å²) in [5.41, 5.74) is 13.1. The van der Waals surface area contributed by atoms with Crippen molar-refractivity contribution in [1.82, 2.24) is 9.13 Å². The smallest absolute Gasteiger partial charge is 0.0713 e. The lowest BCUT2D eigenvalue weighted by Gasteiger charge is -2.17. The molecular formula is C54H41N3. The molecule has 0 aliphatic carbocycles. The van der Waals surface area contributed by atoms with E-state index in [1.807, 2.05) is 0 Å². The van der Waals surface area contributed by atoms with Crippen molar-refractivity contribution in [1.29, 1.82) is 0 Å². The Hall–Kier alpha value is -7.23. The van der Waals surface area contributed by atoms with E-state index in [0.717, 1.165) is 45.9 Å². The van der Waals surface area contributed by atoms with Crippen LogP contribution in [0, 0.1) is 0 Å². The van der Waals surface area contributed by atoms with Crippen molar-refractivity contribution < 1.29 is 0 Å². The van der Waals surface area contributed by atoms with E-state index in [-0.39, 0.29) is 0 Å². The fourth-order valence-electron chi connectivity index (χ4n) is 8.60. The Morgan fingerprint density at radius 1 is 0.474 bits per heavy atom. The molecule has 0 aliphatic rings. The number of hydrogen-bond acceptors (Lipinski definition) is 1. The second kappa shape index (κ2) is 14.4. The van der Waals surface area contributed by atoms with Crippen LogP contribution in [0.15, 0.2) is 205 Å². The van der Waals surface area contributed by atoms with Crippen LogP contribution in [0.4, 0.5) is 0 Å². The first-order chi connectivity index (χ1) is 28.2. The zero-order chi connectivity index (χ0) is 38.3.